The molecule has 1 amide bonds. The lowest BCUT2D eigenvalue weighted by Crippen LogP contribution is -2.32. The van der Waals surface area contributed by atoms with Crippen LogP contribution in [0.15, 0.2) is 48.5 Å². The Morgan fingerprint density at radius 2 is 1.90 bits per heavy atom. The summed E-state index contributed by atoms with van der Waals surface area (Å²) in [4.78, 5) is 11.8. The molecule has 0 fully saturated rings. The maximum atomic E-state index is 11.8. The average molecular weight is 271 g/mol. The quantitative estimate of drug-likeness (QED) is 0.840. The first-order valence-electron chi connectivity index (χ1n) is 6.34. The number of hydrogen-bond acceptors (Lipinski definition) is 3. The number of aliphatic hydroxyl groups is 1. The lowest BCUT2D eigenvalue weighted by Gasteiger charge is -2.12. The van der Waals surface area contributed by atoms with Crippen LogP contribution in [0.5, 0.6) is 5.75 Å². The minimum Gasteiger partial charge on any atom is -0.496 e. The lowest BCUT2D eigenvalue weighted by atomic mass is 10.0. The number of hydrogen-bond donors (Lipinski definition) is 2. The minimum absolute atomic E-state index is 0.335. The van der Waals surface area contributed by atoms with Crippen LogP contribution in [0.4, 0.5) is 0 Å². The fourth-order valence-corrected chi connectivity index (χ4v) is 1.96. The third-order valence-electron chi connectivity index (χ3n) is 2.89. The van der Waals surface area contributed by atoms with Gasteiger partial charge in [0.1, 0.15) is 12.0 Å². The third-order valence-corrected chi connectivity index (χ3v) is 2.89. The SMILES string of the molecule is COc1cc(C(=O)NC(C)O)ccc1-c1ccccc1. The molecule has 0 saturated heterocycles. The Morgan fingerprint density at radius 3 is 2.50 bits per heavy atom. The average Bonchev–Trinajstić information content (AvgIpc) is 2.46. The summed E-state index contributed by atoms with van der Waals surface area (Å²) in [5, 5.41) is 11.6. The molecule has 0 saturated carbocycles. The maximum Gasteiger partial charge on any atom is 0.253 e. The van der Waals surface area contributed by atoms with Crippen LogP contribution in [0.25, 0.3) is 11.1 Å². The zero-order valence-corrected chi connectivity index (χ0v) is 11.5. The topological polar surface area (TPSA) is 58.6 Å². The lowest BCUT2D eigenvalue weighted by molar-refractivity contribution is 0.0818. The smallest absolute Gasteiger partial charge is 0.253 e. The summed E-state index contributed by atoms with van der Waals surface area (Å²) >= 11 is 0. The van der Waals surface area contributed by atoms with E-state index in [2.05, 4.69) is 5.32 Å². The Kier molecular flexibility index (Phi) is 4.38. The van der Waals surface area contributed by atoms with Crippen molar-refractivity contribution in [2.75, 3.05) is 7.11 Å². The molecule has 1 unspecified atom stereocenters. The van der Waals surface area contributed by atoms with Crippen molar-refractivity contribution in [3.05, 3.63) is 54.1 Å². The van der Waals surface area contributed by atoms with Crippen LogP contribution in [0, 0.1) is 0 Å². The van der Waals surface area contributed by atoms with E-state index in [1.54, 1.807) is 19.2 Å². The van der Waals surface area contributed by atoms with Gasteiger partial charge in [0.2, 0.25) is 0 Å². The van der Waals surface area contributed by atoms with Gasteiger partial charge in [-0.15, -0.1) is 0 Å². The standard InChI is InChI=1S/C16H17NO3/c1-11(18)17-16(19)13-8-9-14(15(10-13)20-2)12-6-4-3-5-7-12/h3-11,18H,1-2H3,(H,17,19). The maximum absolute atomic E-state index is 11.8. The van der Waals surface area contributed by atoms with Crippen molar-refractivity contribution >= 4 is 5.91 Å². The van der Waals surface area contributed by atoms with Gasteiger partial charge < -0.3 is 15.2 Å². The molecule has 20 heavy (non-hydrogen) atoms. The number of rotatable bonds is 4. The van der Waals surface area contributed by atoms with Crippen LogP contribution < -0.4 is 10.1 Å². The Bertz CT molecular complexity index is 594. The van der Waals surface area contributed by atoms with E-state index in [0.29, 0.717) is 11.3 Å². The zero-order valence-electron chi connectivity index (χ0n) is 11.5. The highest BCUT2D eigenvalue weighted by Crippen LogP contribution is 2.30. The van der Waals surface area contributed by atoms with Crippen LogP contribution in [0.3, 0.4) is 0 Å². The van der Waals surface area contributed by atoms with Crippen LogP contribution >= 0.6 is 0 Å². The van der Waals surface area contributed by atoms with Gasteiger partial charge in [0.15, 0.2) is 0 Å². The Morgan fingerprint density at radius 1 is 1.20 bits per heavy atom. The van der Waals surface area contributed by atoms with Gasteiger partial charge >= 0.3 is 0 Å². The van der Waals surface area contributed by atoms with E-state index >= 15 is 0 Å². The molecule has 0 aliphatic rings. The summed E-state index contributed by atoms with van der Waals surface area (Å²) in [5.41, 5.74) is 2.39. The highest BCUT2D eigenvalue weighted by Gasteiger charge is 2.12. The van der Waals surface area contributed by atoms with Crippen LogP contribution in [-0.2, 0) is 0 Å². The van der Waals surface area contributed by atoms with E-state index in [1.165, 1.54) is 6.92 Å². The molecule has 4 nitrogen and oxygen atoms in total. The molecule has 0 aliphatic carbocycles. The molecule has 0 bridgehead atoms. The number of amides is 1. The van der Waals surface area contributed by atoms with Crippen LogP contribution in [-0.4, -0.2) is 24.4 Å². The first-order chi connectivity index (χ1) is 9.61. The number of aliphatic hydroxyl groups excluding tert-OH is 1. The largest absolute Gasteiger partial charge is 0.496 e. The molecule has 2 rings (SSSR count). The van der Waals surface area contributed by atoms with E-state index < -0.39 is 6.23 Å². The van der Waals surface area contributed by atoms with Gasteiger partial charge in [-0.2, -0.15) is 0 Å². The summed E-state index contributed by atoms with van der Waals surface area (Å²) in [6.07, 6.45) is -0.887. The second-order valence-corrected chi connectivity index (χ2v) is 4.43. The highest BCUT2D eigenvalue weighted by atomic mass is 16.5. The molecule has 0 spiro atoms. The van der Waals surface area contributed by atoms with Gasteiger partial charge in [0, 0.05) is 11.1 Å². The summed E-state index contributed by atoms with van der Waals surface area (Å²) in [6.45, 7) is 1.49. The van der Waals surface area contributed by atoms with Crippen molar-refractivity contribution in [3.8, 4) is 16.9 Å². The fourth-order valence-electron chi connectivity index (χ4n) is 1.96. The number of benzene rings is 2. The molecule has 2 aromatic carbocycles. The Hall–Kier alpha value is -2.33. The molecule has 0 heterocycles. The first-order valence-corrected chi connectivity index (χ1v) is 6.34. The second-order valence-electron chi connectivity index (χ2n) is 4.43. The summed E-state index contributed by atoms with van der Waals surface area (Å²) in [5.74, 6) is 0.285. The van der Waals surface area contributed by atoms with Gasteiger partial charge in [-0.25, -0.2) is 0 Å². The molecule has 4 heteroatoms. The number of nitrogens with one attached hydrogen (secondary N) is 1. The predicted octanol–water partition coefficient (Wildman–Crippen LogP) is 2.43. The van der Waals surface area contributed by atoms with Gasteiger partial charge in [0.05, 0.1) is 7.11 Å². The molecule has 104 valence electrons. The monoisotopic (exact) mass is 271 g/mol. The molecule has 0 aromatic heterocycles. The summed E-state index contributed by atoms with van der Waals surface area (Å²) in [6, 6.07) is 15.0. The molecule has 0 radical (unpaired) electrons. The van der Waals surface area contributed by atoms with Gasteiger partial charge in [-0.1, -0.05) is 30.3 Å². The van der Waals surface area contributed by atoms with Crippen molar-refractivity contribution in [3.63, 3.8) is 0 Å². The molecule has 2 N–H and O–H groups in total. The third kappa shape index (κ3) is 3.16. The first kappa shape index (κ1) is 14.1. The summed E-state index contributed by atoms with van der Waals surface area (Å²) in [7, 11) is 1.57. The van der Waals surface area contributed by atoms with E-state index in [-0.39, 0.29) is 5.91 Å². The van der Waals surface area contributed by atoms with Gasteiger partial charge in [-0.05, 0) is 30.7 Å². The van der Waals surface area contributed by atoms with Crippen molar-refractivity contribution in [1.29, 1.82) is 0 Å². The molecule has 1 atom stereocenters. The number of ether oxygens (including phenoxy) is 1. The van der Waals surface area contributed by atoms with Gasteiger partial charge in [0.25, 0.3) is 5.91 Å². The molecular formula is C16H17NO3. The number of methoxy groups -OCH3 is 1. The van der Waals surface area contributed by atoms with Crippen LogP contribution in [0.2, 0.25) is 0 Å². The van der Waals surface area contributed by atoms with Crippen LogP contribution in [0.1, 0.15) is 17.3 Å². The van der Waals surface area contributed by atoms with Crippen molar-refractivity contribution < 1.29 is 14.6 Å². The Labute approximate surface area is 118 Å². The number of carbonyl (C=O) groups excluding carboxylic acids is 1. The minimum atomic E-state index is -0.887. The fraction of sp³-hybridized carbons (Fsp3) is 0.188. The predicted molar refractivity (Wildman–Crippen MR) is 77.6 cm³/mol. The molecule has 2 aromatic rings. The summed E-state index contributed by atoms with van der Waals surface area (Å²) < 4.78 is 5.35. The van der Waals surface area contributed by atoms with E-state index in [1.807, 2.05) is 36.4 Å². The number of carbonyl (C=O) groups is 1. The molecule has 0 aliphatic heterocycles. The zero-order chi connectivity index (χ0) is 14.5. The normalized spacial score (nSPS) is 11.8. The van der Waals surface area contributed by atoms with Crippen molar-refractivity contribution in [2.45, 2.75) is 13.2 Å². The van der Waals surface area contributed by atoms with Crippen molar-refractivity contribution in [2.24, 2.45) is 0 Å². The van der Waals surface area contributed by atoms with Gasteiger partial charge in [-0.3, -0.25) is 4.79 Å². The van der Waals surface area contributed by atoms with Crippen molar-refractivity contribution in [1.82, 2.24) is 5.32 Å². The Balaban J connectivity index is 2.36. The second kappa shape index (κ2) is 6.21. The van der Waals surface area contributed by atoms with E-state index in [4.69, 9.17) is 4.74 Å². The highest BCUT2D eigenvalue weighted by molar-refractivity contribution is 5.95. The van der Waals surface area contributed by atoms with E-state index in [0.717, 1.165) is 11.1 Å². The molecular weight excluding hydrogens is 254 g/mol. The van der Waals surface area contributed by atoms with E-state index in [9.17, 15) is 9.90 Å².